The molecule has 4 rings (SSSR count). The normalized spacial score (nSPS) is 19.1. The predicted octanol–water partition coefficient (Wildman–Crippen LogP) is 6.38. The Bertz CT molecular complexity index is 1140. The fourth-order valence-corrected chi connectivity index (χ4v) is 5.40. The highest BCUT2D eigenvalue weighted by molar-refractivity contribution is 5.86. The van der Waals surface area contributed by atoms with Gasteiger partial charge >= 0.3 is 5.97 Å². The third-order valence-electron chi connectivity index (χ3n) is 7.31. The van der Waals surface area contributed by atoms with Crippen molar-refractivity contribution in [2.24, 2.45) is 5.92 Å². The average Bonchev–Trinajstić information content (AvgIpc) is 3.20. The number of nitrogens with one attached hydrogen (secondary N) is 1. The van der Waals surface area contributed by atoms with Crippen molar-refractivity contribution in [3.63, 3.8) is 0 Å². The van der Waals surface area contributed by atoms with E-state index >= 15 is 0 Å². The second kappa shape index (κ2) is 9.52. The van der Waals surface area contributed by atoms with Crippen LogP contribution >= 0.6 is 0 Å². The van der Waals surface area contributed by atoms with E-state index in [0.29, 0.717) is 6.54 Å². The minimum atomic E-state index is -0.962. The lowest BCUT2D eigenvalue weighted by atomic mass is 9.75. The molecule has 0 fully saturated rings. The Kier molecular flexibility index (Phi) is 6.71. The maximum Gasteiger partial charge on any atom is 0.328 e. The Hall–Kier alpha value is -2.92. The molecular weight excluding hydrogens is 415 g/mol. The summed E-state index contributed by atoms with van der Waals surface area (Å²) >= 11 is 0. The number of carboxylic acids is 1. The second-order valence-corrected chi connectivity index (χ2v) is 9.32. The van der Waals surface area contributed by atoms with Crippen LogP contribution in [0.25, 0.3) is 17.0 Å². The molecule has 2 atom stereocenters. The highest BCUT2D eigenvalue weighted by atomic mass is 19.1. The van der Waals surface area contributed by atoms with Gasteiger partial charge in [0.25, 0.3) is 0 Å². The van der Waals surface area contributed by atoms with E-state index in [9.17, 15) is 9.18 Å². The number of carbonyl (C=O) groups is 1. The number of nitrogens with zero attached hydrogens (tertiary/aromatic N) is 1. The summed E-state index contributed by atoms with van der Waals surface area (Å²) in [6.07, 6.45) is 5.66. The van der Waals surface area contributed by atoms with Gasteiger partial charge in [-0.2, -0.15) is 0 Å². The number of halogens is 1. The standard InChI is InChI=1S/C28H33FN2O2/c1-4-28(5-2)16-23-22-8-6-7-9-24(22)30-26(23)27(31(28)18-19(3)17-29)21-13-10-20(11-14-21)12-15-25(32)33/h6-15,19,27,30H,4-5,16-18H2,1-3H3,(H,32,33)/b15-12+/t19-,27?/m1/s1. The molecule has 33 heavy (non-hydrogen) atoms. The Morgan fingerprint density at radius 1 is 1.21 bits per heavy atom. The van der Waals surface area contributed by atoms with E-state index < -0.39 is 5.97 Å². The van der Waals surface area contributed by atoms with Crippen molar-refractivity contribution in [3.05, 3.63) is 77.0 Å². The molecule has 2 aromatic carbocycles. The summed E-state index contributed by atoms with van der Waals surface area (Å²) in [4.78, 5) is 17.1. The van der Waals surface area contributed by atoms with Crippen LogP contribution in [0.1, 0.15) is 62.0 Å². The van der Waals surface area contributed by atoms with Crippen molar-refractivity contribution in [1.82, 2.24) is 9.88 Å². The number of fused-ring (bicyclic) bond motifs is 3. The molecule has 174 valence electrons. The Morgan fingerprint density at radius 3 is 2.55 bits per heavy atom. The molecule has 0 aliphatic carbocycles. The molecule has 4 nitrogen and oxygen atoms in total. The van der Waals surface area contributed by atoms with Crippen LogP contribution in [0.4, 0.5) is 4.39 Å². The first-order valence-corrected chi connectivity index (χ1v) is 11.9. The van der Waals surface area contributed by atoms with Crippen LogP contribution in [0.15, 0.2) is 54.6 Å². The van der Waals surface area contributed by atoms with E-state index in [1.165, 1.54) is 16.6 Å². The molecule has 1 aliphatic rings. The molecule has 1 aliphatic heterocycles. The third kappa shape index (κ3) is 4.34. The van der Waals surface area contributed by atoms with E-state index in [1.807, 2.05) is 19.1 Å². The molecule has 5 heteroatoms. The number of benzene rings is 2. The molecular formula is C28H33FN2O2. The summed E-state index contributed by atoms with van der Waals surface area (Å²) in [6.45, 7) is 6.80. The van der Waals surface area contributed by atoms with Gasteiger partial charge in [-0.3, -0.25) is 9.29 Å². The van der Waals surface area contributed by atoms with Crippen LogP contribution < -0.4 is 0 Å². The summed E-state index contributed by atoms with van der Waals surface area (Å²) < 4.78 is 13.7. The van der Waals surface area contributed by atoms with Gasteiger partial charge in [0.2, 0.25) is 0 Å². The lowest BCUT2D eigenvalue weighted by Gasteiger charge is -2.52. The smallest absolute Gasteiger partial charge is 0.328 e. The Balaban J connectivity index is 1.89. The van der Waals surface area contributed by atoms with Gasteiger partial charge in [-0.05, 0) is 54.0 Å². The number of H-pyrrole nitrogens is 1. The summed E-state index contributed by atoms with van der Waals surface area (Å²) in [5.41, 5.74) is 5.59. The molecule has 0 bridgehead atoms. The minimum absolute atomic E-state index is 0.0208. The number of carboxylic acid groups (broad SMARTS) is 1. The van der Waals surface area contributed by atoms with Crippen molar-refractivity contribution in [2.75, 3.05) is 13.2 Å². The summed E-state index contributed by atoms with van der Waals surface area (Å²) in [5, 5.41) is 10.2. The van der Waals surface area contributed by atoms with Crippen LogP contribution in [-0.4, -0.2) is 39.7 Å². The molecule has 0 amide bonds. The zero-order valence-corrected chi connectivity index (χ0v) is 19.6. The van der Waals surface area contributed by atoms with Crippen molar-refractivity contribution in [1.29, 1.82) is 0 Å². The number of aliphatic carboxylic acids is 1. The molecule has 3 aromatic rings. The first-order valence-electron chi connectivity index (χ1n) is 11.9. The van der Waals surface area contributed by atoms with Gasteiger partial charge in [0.1, 0.15) is 0 Å². The maximum absolute atomic E-state index is 13.7. The topological polar surface area (TPSA) is 56.3 Å². The lowest BCUT2D eigenvalue weighted by molar-refractivity contribution is -0.131. The van der Waals surface area contributed by atoms with Gasteiger partial charge < -0.3 is 10.1 Å². The third-order valence-corrected chi connectivity index (χ3v) is 7.31. The molecule has 0 radical (unpaired) electrons. The molecule has 1 unspecified atom stereocenters. The van der Waals surface area contributed by atoms with Gasteiger partial charge in [0.05, 0.1) is 12.7 Å². The van der Waals surface area contributed by atoms with Crippen molar-refractivity contribution in [3.8, 4) is 0 Å². The van der Waals surface area contributed by atoms with Gasteiger partial charge in [0.15, 0.2) is 0 Å². The van der Waals surface area contributed by atoms with Gasteiger partial charge in [-0.25, -0.2) is 4.79 Å². The van der Waals surface area contributed by atoms with E-state index in [2.05, 4.69) is 60.1 Å². The zero-order valence-electron chi connectivity index (χ0n) is 19.6. The average molecular weight is 449 g/mol. The highest BCUT2D eigenvalue weighted by Crippen LogP contribution is 2.47. The fourth-order valence-electron chi connectivity index (χ4n) is 5.40. The number of hydrogen-bond acceptors (Lipinski definition) is 2. The first kappa shape index (κ1) is 23.2. The summed E-state index contributed by atoms with van der Waals surface area (Å²) in [5.74, 6) is -1.02. The Labute approximate surface area is 195 Å². The van der Waals surface area contributed by atoms with E-state index in [1.54, 1.807) is 6.08 Å². The predicted molar refractivity (Wildman–Crippen MR) is 132 cm³/mol. The molecule has 0 saturated carbocycles. The quantitative estimate of drug-likeness (QED) is 0.393. The second-order valence-electron chi connectivity index (χ2n) is 9.32. The summed E-state index contributed by atoms with van der Waals surface area (Å²) in [6, 6.07) is 16.5. The number of alkyl halides is 1. The molecule has 2 heterocycles. The van der Waals surface area contributed by atoms with E-state index in [0.717, 1.165) is 42.0 Å². The van der Waals surface area contributed by atoms with Gasteiger partial charge in [-0.15, -0.1) is 0 Å². The van der Waals surface area contributed by atoms with Crippen LogP contribution in [-0.2, 0) is 11.2 Å². The number of rotatable bonds is 8. The SMILES string of the molecule is CCC1(CC)Cc2c([nH]c3ccccc23)C(c2ccc(/C=C/C(=O)O)cc2)N1C[C@H](C)CF. The van der Waals surface area contributed by atoms with Crippen LogP contribution in [0.2, 0.25) is 0 Å². The summed E-state index contributed by atoms with van der Waals surface area (Å²) in [7, 11) is 0. The van der Waals surface area contributed by atoms with E-state index in [-0.39, 0.29) is 24.2 Å². The molecule has 2 N–H and O–H groups in total. The molecule has 1 aromatic heterocycles. The number of hydrogen-bond donors (Lipinski definition) is 2. The fraction of sp³-hybridized carbons (Fsp3) is 0.393. The highest BCUT2D eigenvalue weighted by Gasteiger charge is 2.45. The number of para-hydroxylation sites is 1. The van der Waals surface area contributed by atoms with Crippen molar-refractivity contribution >= 4 is 22.9 Å². The van der Waals surface area contributed by atoms with Gasteiger partial charge in [-0.1, -0.05) is 63.2 Å². The van der Waals surface area contributed by atoms with Crippen LogP contribution in [0.3, 0.4) is 0 Å². The largest absolute Gasteiger partial charge is 0.478 e. The molecule has 0 saturated heterocycles. The maximum atomic E-state index is 13.7. The first-order chi connectivity index (χ1) is 15.9. The van der Waals surface area contributed by atoms with Crippen molar-refractivity contribution in [2.45, 2.75) is 51.6 Å². The van der Waals surface area contributed by atoms with Crippen molar-refractivity contribution < 1.29 is 14.3 Å². The lowest BCUT2D eigenvalue weighted by Crippen LogP contribution is -2.56. The van der Waals surface area contributed by atoms with Crippen LogP contribution in [0, 0.1) is 5.92 Å². The van der Waals surface area contributed by atoms with Gasteiger partial charge in [0, 0.05) is 34.8 Å². The number of aromatic nitrogens is 1. The van der Waals surface area contributed by atoms with Crippen LogP contribution in [0.5, 0.6) is 0 Å². The van der Waals surface area contributed by atoms with E-state index in [4.69, 9.17) is 5.11 Å². The Morgan fingerprint density at radius 2 is 1.91 bits per heavy atom. The number of aromatic amines is 1. The monoisotopic (exact) mass is 448 g/mol. The molecule has 0 spiro atoms. The zero-order chi connectivity index (χ0) is 23.6. The minimum Gasteiger partial charge on any atom is -0.478 e.